The number of aryl methyl sites for hydroxylation is 2. The number of nitrogens with one attached hydrogen (secondary N) is 2. The van der Waals surface area contributed by atoms with Gasteiger partial charge in [-0.15, -0.1) is 0 Å². The molecule has 1 fully saturated rings. The molecule has 0 bridgehead atoms. The van der Waals surface area contributed by atoms with E-state index in [0.717, 1.165) is 34.4 Å². The van der Waals surface area contributed by atoms with E-state index in [0.29, 0.717) is 30.8 Å². The maximum Gasteiger partial charge on any atom is 0.249 e. The van der Waals surface area contributed by atoms with E-state index in [1.54, 1.807) is 18.3 Å². The number of aliphatic hydroxyl groups is 1. The molecular formula is C27H30FN7O3. The molecule has 1 aliphatic rings. The molecule has 0 radical (unpaired) electrons. The Morgan fingerprint density at radius 1 is 1.29 bits per heavy atom. The van der Waals surface area contributed by atoms with Crippen LogP contribution in [0.25, 0.3) is 5.82 Å². The van der Waals surface area contributed by atoms with Crippen LogP contribution in [0.5, 0.6) is 0 Å². The van der Waals surface area contributed by atoms with Gasteiger partial charge in [0.1, 0.15) is 11.7 Å². The zero-order valence-electron chi connectivity index (χ0n) is 21.5. The third-order valence-corrected chi connectivity index (χ3v) is 6.67. The summed E-state index contributed by atoms with van der Waals surface area (Å²) in [7, 11) is 0. The van der Waals surface area contributed by atoms with E-state index in [4.69, 9.17) is 9.72 Å². The first-order valence-electron chi connectivity index (χ1n) is 12.5. The summed E-state index contributed by atoms with van der Waals surface area (Å²) in [5.74, 6) is -0.235. The van der Waals surface area contributed by atoms with Gasteiger partial charge in [0.05, 0.1) is 36.4 Å². The zero-order valence-corrected chi connectivity index (χ0v) is 21.5. The molecule has 0 saturated carbocycles. The van der Waals surface area contributed by atoms with Gasteiger partial charge >= 0.3 is 0 Å². The number of hydrogen-bond acceptors (Lipinski definition) is 7. The molecule has 1 saturated heterocycles. The van der Waals surface area contributed by atoms with Gasteiger partial charge in [0.15, 0.2) is 11.6 Å². The smallest absolute Gasteiger partial charge is 0.249 e. The number of halogens is 1. The van der Waals surface area contributed by atoms with Crippen molar-refractivity contribution in [2.45, 2.75) is 57.8 Å². The van der Waals surface area contributed by atoms with Crippen LogP contribution < -0.4 is 5.32 Å². The molecular weight excluding hydrogens is 489 g/mol. The summed E-state index contributed by atoms with van der Waals surface area (Å²) in [6.07, 6.45) is 4.52. The summed E-state index contributed by atoms with van der Waals surface area (Å²) in [5, 5.41) is 25.4. The molecule has 3 N–H and O–H groups in total. The normalized spacial score (nSPS) is 20.3. The average molecular weight is 520 g/mol. The van der Waals surface area contributed by atoms with Crippen LogP contribution in [-0.2, 0) is 21.6 Å². The number of aromatic amines is 1. The van der Waals surface area contributed by atoms with Gasteiger partial charge in [-0.3, -0.25) is 14.9 Å². The number of rotatable bonds is 7. The second-order valence-electron chi connectivity index (χ2n) is 9.89. The second kappa shape index (κ2) is 10.4. The van der Waals surface area contributed by atoms with Gasteiger partial charge in [0.25, 0.3) is 0 Å². The van der Waals surface area contributed by atoms with E-state index in [9.17, 15) is 14.3 Å². The van der Waals surface area contributed by atoms with Crippen LogP contribution in [0.15, 0.2) is 48.9 Å². The molecule has 1 aliphatic heterocycles. The van der Waals surface area contributed by atoms with Crippen molar-refractivity contribution in [3.8, 4) is 5.82 Å². The number of aromatic nitrogens is 6. The summed E-state index contributed by atoms with van der Waals surface area (Å²) in [6.45, 7) is 5.72. The van der Waals surface area contributed by atoms with Crippen LogP contribution >= 0.6 is 0 Å². The monoisotopic (exact) mass is 519 g/mol. The fraction of sp³-hybridized carbons (Fsp3) is 0.370. The predicted octanol–water partition coefficient (Wildman–Crippen LogP) is 2.98. The average Bonchev–Trinajstić information content (AvgIpc) is 3.51. The third kappa shape index (κ3) is 5.63. The standard InChI is InChI=1S/C27H30FN7O3/c1-16-8-21(11-22-10-17(2)33-34-22)32-24(9-16)27(37)7-6-23(38-15-27)26(36)31-18(3)19-4-5-25(29-12-19)35-14-20(28)13-30-35/h4-5,8-10,12-14,18,23,37H,6-7,11,15H2,1-3H3,(H,31,36)(H,33,34)/t18-,23-,27-/m0/s1. The first-order valence-corrected chi connectivity index (χ1v) is 12.5. The largest absolute Gasteiger partial charge is 0.381 e. The molecule has 0 spiro atoms. The lowest BCUT2D eigenvalue weighted by molar-refractivity contribution is -0.155. The highest BCUT2D eigenvalue weighted by Gasteiger charge is 2.39. The highest BCUT2D eigenvalue weighted by Crippen LogP contribution is 2.33. The molecule has 1 amide bonds. The van der Waals surface area contributed by atoms with Crippen molar-refractivity contribution in [3.05, 3.63) is 88.6 Å². The van der Waals surface area contributed by atoms with Crippen LogP contribution in [0.1, 0.15) is 59.7 Å². The fourth-order valence-electron chi connectivity index (χ4n) is 4.60. The minimum Gasteiger partial charge on any atom is -0.381 e. The fourth-order valence-corrected chi connectivity index (χ4v) is 4.60. The van der Waals surface area contributed by atoms with E-state index in [2.05, 4.69) is 25.6 Å². The number of H-pyrrole nitrogens is 1. The summed E-state index contributed by atoms with van der Waals surface area (Å²) in [5.41, 5.74) is 3.69. The minimum atomic E-state index is -1.28. The highest BCUT2D eigenvalue weighted by atomic mass is 19.1. The lowest BCUT2D eigenvalue weighted by atomic mass is 9.89. The molecule has 0 aromatic carbocycles. The molecule has 5 heterocycles. The van der Waals surface area contributed by atoms with Crippen molar-refractivity contribution >= 4 is 5.91 Å². The lowest BCUT2D eigenvalue weighted by Crippen LogP contribution is -2.46. The number of amides is 1. The Bertz CT molecular complexity index is 1420. The second-order valence-corrected chi connectivity index (χ2v) is 9.89. The van der Waals surface area contributed by atoms with Gasteiger partial charge in [-0.25, -0.2) is 14.1 Å². The first-order chi connectivity index (χ1) is 18.2. The molecule has 4 aromatic heterocycles. The molecule has 5 rings (SSSR count). The maximum absolute atomic E-state index is 13.2. The third-order valence-electron chi connectivity index (χ3n) is 6.67. The summed E-state index contributed by atoms with van der Waals surface area (Å²) >= 11 is 0. The minimum absolute atomic E-state index is 0.0342. The number of ether oxygens (including phenoxy) is 1. The number of carbonyl (C=O) groups is 1. The number of hydrogen-bond donors (Lipinski definition) is 3. The van der Waals surface area contributed by atoms with Gasteiger partial charge in [0, 0.05) is 24.0 Å². The topological polar surface area (TPSA) is 131 Å². The molecule has 0 aliphatic carbocycles. The molecule has 0 unspecified atom stereocenters. The Kier molecular flexibility index (Phi) is 7.04. The van der Waals surface area contributed by atoms with Gasteiger partial charge in [-0.05, 0) is 69.0 Å². The quantitative estimate of drug-likeness (QED) is 0.342. The SMILES string of the molecule is Cc1cc(Cc2cc(C)[nH]n2)nc([C@]2(O)CC[C@@H](C(=O)N[C@@H](C)c3ccc(-n4cc(F)cn4)nc3)OC2)c1. The van der Waals surface area contributed by atoms with Crippen LogP contribution in [0.2, 0.25) is 0 Å². The van der Waals surface area contributed by atoms with E-state index in [1.807, 2.05) is 39.0 Å². The number of carbonyl (C=O) groups excluding carboxylic acids is 1. The molecule has 10 nitrogen and oxygen atoms in total. The summed E-state index contributed by atoms with van der Waals surface area (Å²) in [4.78, 5) is 21.9. The van der Waals surface area contributed by atoms with Crippen LogP contribution in [0.4, 0.5) is 4.39 Å². The lowest BCUT2D eigenvalue weighted by Gasteiger charge is -2.35. The Morgan fingerprint density at radius 3 is 2.76 bits per heavy atom. The van der Waals surface area contributed by atoms with Crippen molar-refractivity contribution in [2.75, 3.05) is 6.61 Å². The first kappa shape index (κ1) is 25.7. The van der Waals surface area contributed by atoms with E-state index in [1.165, 1.54) is 10.9 Å². The van der Waals surface area contributed by atoms with Crippen molar-refractivity contribution in [3.63, 3.8) is 0 Å². The van der Waals surface area contributed by atoms with Gasteiger partial charge in [-0.2, -0.15) is 10.2 Å². The van der Waals surface area contributed by atoms with Crippen LogP contribution in [-0.4, -0.2) is 53.7 Å². The number of nitrogens with zero attached hydrogens (tertiary/aromatic N) is 5. The Balaban J connectivity index is 1.19. The molecule has 4 aromatic rings. The number of pyridine rings is 2. The van der Waals surface area contributed by atoms with E-state index < -0.39 is 17.5 Å². The van der Waals surface area contributed by atoms with Crippen LogP contribution in [0, 0.1) is 19.7 Å². The maximum atomic E-state index is 13.2. The molecule has 38 heavy (non-hydrogen) atoms. The Hall–Kier alpha value is -3.96. The van der Waals surface area contributed by atoms with Crippen molar-refractivity contribution < 1.29 is 19.0 Å². The Labute approximate surface area is 219 Å². The summed E-state index contributed by atoms with van der Waals surface area (Å²) in [6, 6.07) is 9.00. The zero-order chi connectivity index (χ0) is 26.9. The van der Waals surface area contributed by atoms with Crippen LogP contribution in [0.3, 0.4) is 0 Å². The van der Waals surface area contributed by atoms with E-state index >= 15 is 0 Å². The molecule has 11 heteroatoms. The van der Waals surface area contributed by atoms with Crippen molar-refractivity contribution in [1.29, 1.82) is 0 Å². The highest BCUT2D eigenvalue weighted by molar-refractivity contribution is 5.81. The predicted molar refractivity (Wildman–Crippen MR) is 136 cm³/mol. The van der Waals surface area contributed by atoms with Gasteiger partial charge in [0.2, 0.25) is 5.91 Å². The van der Waals surface area contributed by atoms with Crippen molar-refractivity contribution in [2.24, 2.45) is 0 Å². The van der Waals surface area contributed by atoms with E-state index in [-0.39, 0.29) is 18.6 Å². The van der Waals surface area contributed by atoms with Gasteiger partial charge < -0.3 is 15.2 Å². The summed E-state index contributed by atoms with van der Waals surface area (Å²) < 4.78 is 20.4. The van der Waals surface area contributed by atoms with Gasteiger partial charge in [-0.1, -0.05) is 6.07 Å². The Morgan fingerprint density at radius 2 is 2.13 bits per heavy atom. The van der Waals surface area contributed by atoms with Crippen molar-refractivity contribution in [1.82, 2.24) is 35.3 Å². The molecule has 3 atom stereocenters. The molecule has 198 valence electrons.